The van der Waals surface area contributed by atoms with Gasteiger partial charge in [-0.1, -0.05) is 13.3 Å². The number of aromatic nitrogens is 4. The number of alkyl halides is 1. The predicted molar refractivity (Wildman–Crippen MR) is 86.2 cm³/mol. The van der Waals surface area contributed by atoms with E-state index in [9.17, 15) is 0 Å². The fourth-order valence-corrected chi connectivity index (χ4v) is 4.57. The lowest BCUT2D eigenvalue weighted by Gasteiger charge is -2.22. The van der Waals surface area contributed by atoms with Gasteiger partial charge in [-0.05, 0) is 18.6 Å². The highest BCUT2D eigenvalue weighted by Gasteiger charge is 2.32. The molecule has 0 aliphatic heterocycles. The third-order valence-electron chi connectivity index (χ3n) is 3.96. The minimum Gasteiger partial charge on any atom is -0.479 e. The minimum absolute atomic E-state index is 0.375. The summed E-state index contributed by atoms with van der Waals surface area (Å²) in [5.74, 6) is 2.88. The van der Waals surface area contributed by atoms with Gasteiger partial charge in [-0.3, -0.25) is 0 Å². The molecule has 0 bridgehead atoms. The van der Waals surface area contributed by atoms with Crippen LogP contribution >= 0.6 is 23.4 Å². The Morgan fingerprint density at radius 3 is 3.00 bits per heavy atom. The first kappa shape index (κ1) is 14.9. The molecule has 1 aliphatic rings. The molecule has 21 heavy (non-hydrogen) atoms. The molecule has 3 rings (SSSR count). The van der Waals surface area contributed by atoms with E-state index in [0.717, 1.165) is 23.6 Å². The van der Waals surface area contributed by atoms with Crippen LogP contribution in [0.25, 0.3) is 11.2 Å². The molecule has 2 aromatic heterocycles. The van der Waals surface area contributed by atoms with Crippen molar-refractivity contribution in [2.75, 3.05) is 12.9 Å². The smallest absolute Gasteiger partial charge is 0.245 e. The third-order valence-corrected chi connectivity index (χ3v) is 5.51. The second-order valence-electron chi connectivity index (χ2n) is 5.08. The highest BCUT2D eigenvalue weighted by molar-refractivity contribution is 7.99. The third kappa shape index (κ3) is 2.59. The van der Waals surface area contributed by atoms with Gasteiger partial charge in [0.2, 0.25) is 5.88 Å². The molecule has 5 nitrogen and oxygen atoms in total. The lowest BCUT2D eigenvalue weighted by atomic mass is 10.2. The van der Waals surface area contributed by atoms with Crippen molar-refractivity contribution in [3.8, 4) is 5.88 Å². The van der Waals surface area contributed by atoms with E-state index in [4.69, 9.17) is 16.3 Å². The Kier molecular flexibility index (Phi) is 4.54. The Balaban J connectivity index is 2.12. The van der Waals surface area contributed by atoms with Gasteiger partial charge in [-0.15, -0.1) is 11.6 Å². The van der Waals surface area contributed by atoms with Crippen LogP contribution in [0.1, 0.15) is 38.1 Å². The van der Waals surface area contributed by atoms with E-state index in [1.807, 2.05) is 11.8 Å². The molecule has 1 fully saturated rings. The molecule has 0 N–H and O–H groups in total. The molecule has 0 aromatic carbocycles. The van der Waals surface area contributed by atoms with Crippen molar-refractivity contribution in [3.05, 3.63) is 12.2 Å². The standard InChI is InChI=1S/C14H19ClN4OS/c1-3-21-10-6-4-5-9(10)19-11(7-15)18-12-13(19)16-8-17-14(12)20-2/h8-10H,3-7H2,1-2H3. The Labute approximate surface area is 133 Å². The molecule has 0 spiro atoms. The van der Waals surface area contributed by atoms with Gasteiger partial charge >= 0.3 is 0 Å². The van der Waals surface area contributed by atoms with Crippen LogP contribution in [0.2, 0.25) is 0 Å². The summed E-state index contributed by atoms with van der Waals surface area (Å²) in [6, 6.07) is 0.410. The second kappa shape index (κ2) is 6.40. The maximum Gasteiger partial charge on any atom is 0.245 e. The molecule has 0 saturated heterocycles. The fraction of sp³-hybridized carbons (Fsp3) is 0.643. The first-order valence-electron chi connectivity index (χ1n) is 7.23. The van der Waals surface area contributed by atoms with Gasteiger partial charge < -0.3 is 9.30 Å². The van der Waals surface area contributed by atoms with Crippen molar-refractivity contribution in [1.29, 1.82) is 0 Å². The molecule has 0 amide bonds. The number of hydrogen-bond acceptors (Lipinski definition) is 5. The van der Waals surface area contributed by atoms with E-state index < -0.39 is 0 Å². The van der Waals surface area contributed by atoms with E-state index in [2.05, 4.69) is 26.4 Å². The van der Waals surface area contributed by atoms with Gasteiger partial charge in [-0.2, -0.15) is 16.7 Å². The number of imidazole rings is 1. The molecule has 114 valence electrons. The van der Waals surface area contributed by atoms with E-state index in [1.54, 1.807) is 7.11 Å². The van der Waals surface area contributed by atoms with Crippen molar-refractivity contribution in [3.63, 3.8) is 0 Å². The van der Waals surface area contributed by atoms with Crippen LogP contribution in [-0.4, -0.2) is 37.6 Å². The topological polar surface area (TPSA) is 52.8 Å². The maximum atomic E-state index is 6.12. The van der Waals surface area contributed by atoms with Crippen molar-refractivity contribution < 1.29 is 4.74 Å². The van der Waals surface area contributed by atoms with Crippen LogP contribution in [0, 0.1) is 0 Å². The Bertz CT molecular complexity index is 633. The van der Waals surface area contributed by atoms with Gasteiger partial charge in [0.15, 0.2) is 11.2 Å². The van der Waals surface area contributed by atoms with Crippen LogP contribution in [0.15, 0.2) is 6.33 Å². The lowest BCUT2D eigenvalue weighted by Crippen LogP contribution is -2.18. The zero-order valence-corrected chi connectivity index (χ0v) is 13.8. The van der Waals surface area contributed by atoms with Gasteiger partial charge in [0.25, 0.3) is 0 Å². The number of methoxy groups -OCH3 is 1. The first-order valence-corrected chi connectivity index (χ1v) is 8.81. The van der Waals surface area contributed by atoms with Crippen molar-refractivity contribution in [1.82, 2.24) is 19.5 Å². The predicted octanol–water partition coefficient (Wildman–Crippen LogP) is 3.42. The molecule has 2 heterocycles. The van der Waals surface area contributed by atoms with Crippen molar-refractivity contribution in [2.45, 2.75) is 43.4 Å². The average Bonchev–Trinajstić information content (AvgIpc) is 3.10. The Morgan fingerprint density at radius 1 is 1.43 bits per heavy atom. The van der Waals surface area contributed by atoms with Crippen LogP contribution in [0.5, 0.6) is 5.88 Å². The largest absolute Gasteiger partial charge is 0.479 e. The second-order valence-corrected chi connectivity index (χ2v) is 6.86. The summed E-state index contributed by atoms with van der Waals surface area (Å²) >= 11 is 8.14. The van der Waals surface area contributed by atoms with Gasteiger partial charge in [0.1, 0.15) is 12.2 Å². The number of fused-ring (bicyclic) bond motifs is 1. The normalized spacial score (nSPS) is 22.0. The fourth-order valence-electron chi connectivity index (χ4n) is 3.14. The number of hydrogen-bond donors (Lipinski definition) is 0. The van der Waals surface area contributed by atoms with E-state index in [0.29, 0.717) is 28.6 Å². The summed E-state index contributed by atoms with van der Waals surface area (Å²) in [5.41, 5.74) is 1.55. The van der Waals surface area contributed by atoms with E-state index in [-0.39, 0.29) is 0 Å². The first-order chi connectivity index (χ1) is 10.3. The highest BCUT2D eigenvalue weighted by atomic mass is 35.5. The van der Waals surface area contributed by atoms with E-state index >= 15 is 0 Å². The summed E-state index contributed by atoms with van der Waals surface area (Å²) < 4.78 is 7.52. The Morgan fingerprint density at radius 2 is 2.29 bits per heavy atom. The summed E-state index contributed by atoms with van der Waals surface area (Å²) in [6.07, 6.45) is 5.17. The van der Waals surface area contributed by atoms with Gasteiger partial charge in [0.05, 0.1) is 13.0 Å². The van der Waals surface area contributed by atoms with Crippen LogP contribution in [-0.2, 0) is 5.88 Å². The molecule has 2 unspecified atom stereocenters. The molecule has 7 heteroatoms. The van der Waals surface area contributed by atoms with Crippen LogP contribution in [0.3, 0.4) is 0 Å². The molecule has 2 aromatic rings. The summed E-state index contributed by atoms with van der Waals surface area (Å²) in [5, 5.41) is 0.607. The lowest BCUT2D eigenvalue weighted by molar-refractivity contribution is 0.401. The van der Waals surface area contributed by atoms with Crippen LogP contribution in [0.4, 0.5) is 0 Å². The number of thioether (sulfide) groups is 1. The van der Waals surface area contributed by atoms with Gasteiger partial charge in [-0.25, -0.2) is 9.97 Å². The van der Waals surface area contributed by atoms with Crippen LogP contribution < -0.4 is 4.74 Å². The molecule has 2 atom stereocenters. The zero-order valence-electron chi connectivity index (χ0n) is 12.3. The molecule has 1 saturated carbocycles. The number of halogens is 1. The number of rotatable bonds is 5. The maximum absolute atomic E-state index is 6.12. The molecule has 1 aliphatic carbocycles. The number of nitrogens with zero attached hydrogens (tertiary/aromatic N) is 4. The van der Waals surface area contributed by atoms with Crippen molar-refractivity contribution in [2.24, 2.45) is 0 Å². The summed E-state index contributed by atoms with van der Waals surface area (Å²) in [7, 11) is 1.60. The van der Waals surface area contributed by atoms with Crippen molar-refractivity contribution >= 4 is 34.5 Å². The monoisotopic (exact) mass is 326 g/mol. The van der Waals surface area contributed by atoms with Gasteiger partial charge in [0, 0.05) is 11.3 Å². The number of ether oxygens (including phenoxy) is 1. The zero-order chi connectivity index (χ0) is 14.8. The molecular formula is C14H19ClN4OS. The highest BCUT2D eigenvalue weighted by Crippen LogP contribution is 2.41. The Hall–Kier alpha value is -1.01. The summed E-state index contributed by atoms with van der Waals surface area (Å²) in [6.45, 7) is 2.21. The quantitative estimate of drug-likeness (QED) is 0.788. The molecule has 0 radical (unpaired) electrons. The SMILES string of the molecule is CCSC1CCCC1n1c(CCl)nc2c(OC)ncnc21. The summed E-state index contributed by atoms with van der Waals surface area (Å²) in [4.78, 5) is 13.2. The average molecular weight is 327 g/mol. The minimum atomic E-state index is 0.375. The van der Waals surface area contributed by atoms with E-state index in [1.165, 1.54) is 19.2 Å². The molecular weight excluding hydrogens is 308 g/mol.